The molecule has 0 unspecified atom stereocenters. The van der Waals surface area contributed by atoms with Crippen LogP contribution in [0.3, 0.4) is 0 Å². The summed E-state index contributed by atoms with van der Waals surface area (Å²) in [5.74, 6) is 0.388. The second-order valence-electron chi connectivity index (χ2n) is 6.72. The van der Waals surface area contributed by atoms with E-state index in [4.69, 9.17) is 14.3 Å². The minimum atomic E-state index is -0.262. The average Bonchev–Trinajstić information content (AvgIpc) is 3.09. The summed E-state index contributed by atoms with van der Waals surface area (Å²) < 4.78 is 12.4. The summed E-state index contributed by atoms with van der Waals surface area (Å²) in [6.07, 6.45) is 10.2. The van der Waals surface area contributed by atoms with Gasteiger partial charge in [0.05, 0.1) is 6.61 Å². The Kier molecular flexibility index (Phi) is 3.10. The van der Waals surface area contributed by atoms with Crippen LogP contribution in [0.15, 0.2) is 0 Å². The van der Waals surface area contributed by atoms with Crippen LogP contribution in [0.25, 0.3) is 0 Å². The Labute approximate surface area is 115 Å². The predicted molar refractivity (Wildman–Crippen MR) is 70.4 cm³/mol. The monoisotopic (exact) mass is 267 g/mol. The first kappa shape index (κ1) is 12.6. The molecule has 4 fully saturated rings. The third-order valence-corrected chi connectivity index (χ3v) is 5.57. The summed E-state index contributed by atoms with van der Waals surface area (Å²) in [6.45, 7) is 0.724. The van der Waals surface area contributed by atoms with E-state index in [1.807, 2.05) is 0 Å². The summed E-state index contributed by atoms with van der Waals surface area (Å²) in [5.41, 5.74) is 0. The molecule has 4 heteroatoms. The van der Waals surface area contributed by atoms with Gasteiger partial charge in [-0.25, -0.2) is 0 Å². The van der Waals surface area contributed by atoms with E-state index in [1.165, 1.54) is 38.5 Å². The molecule has 2 aliphatic carbocycles. The maximum Gasteiger partial charge on any atom is 0.169 e. The molecular formula is C15H25NO3. The van der Waals surface area contributed by atoms with E-state index in [1.54, 1.807) is 0 Å². The van der Waals surface area contributed by atoms with Crippen LogP contribution in [-0.4, -0.2) is 42.8 Å². The summed E-state index contributed by atoms with van der Waals surface area (Å²) in [6, 6.07) is 0.608. The zero-order valence-corrected chi connectivity index (χ0v) is 11.8. The van der Waals surface area contributed by atoms with Gasteiger partial charge in [0.15, 0.2) is 5.79 Å². The van der Waals surface area contributed by atoms with E-state index in [-0.39, 0.29) is 18.0 Å². The Balaban J connectivity index is 1.46. The SMILES string of the molecule is CN1O[C@H]([C@H]2COC3(CCCCC3)O2)[C@@H]2CCC[C@@H]21. The Hall–Kier alpha value is -0.160. The number of hydrogen-bond acceptors (Lipinski definition) is 4. The highest BCUT2D eigenvalue weighted by atomic mass is 16.8. The van der Waals surface area contributed by atoms with Crippen molar-refractivity contribution >= 4 is 0 Å². The average molecular weight is 267 g/mol. The van der Waals surface area contributed by atoms with Crippen LogP contribution >= 0.6 is 0 Å². The van der Waals surface area contributed by atoms with E-state index in [9.17, 15) is 0 Å². The molecule has 19 heavy (non-hydrogen) atoms. The third kappa shape index (κ3) is 2.04. The van der Waals surface area contributed by atoms with Crippen molar-refractivity contribution in [3.05, 3.63) is 0 Å². The molecule has 0 bridgehead atoms. The van der Waals surface area contributed by atoms with Gasteiger partial charge in [-0.3, -0.25) is 4.84 Å². The Bertz CT molecular complexity index is 342. The van der Waals surface area contributed by atoms with Gasteiger partial charge < -0.3 is 9.47 Å². The lowest BCUT2D eigenvalue weighted by atomic mass is 9.93. The van der Waals surface area contributed by atoms with Crippen LogP contribution in [0.1, 0.15) is 51.4 Å². The smallest absolute Gasteiger partial charge is 0.169 e. The molecule has 2 saturated carbocycles. The van der Waals surface area contributed by atoms with Crippen LogP contribution in [0, 0.1) is 5.92 Å². The Morgan fingerprint density at radius 1 is 1.05 bits per heavy atom. The fourth-order valence-corrected chi connectivity index (χ4v) is 4.59. The van der Waals surface area contributed by atoms with Crippen LogP contribution < -0.4 is 0 Å². The molecule has 0 N–H and O–H groups in total. The highest BCUT2D eigenvalue weighted by molar-refractivity contribution is 4.97. The largest absolute Gasteiger partial charge is 0.347 e. The van der Waals surface area contributed by atoms with Gasteiger partial charge in [-0.2, -0.15) is 5.06 Å². The fourth-order valence-electron chi connectivity index (χ4n) is 4.59. The first-order valence-corrected chi connectivity index (χ1v) is 7.99. The van der Waals surface area contributed by atoms with Gasteiger partial charge in [-0.15, -0.1) is 0 Å². The van der Waals surface area contributed by atoms with Gasteiger partial charge in [0.2, 0.25) is 0 Å². The van der Waals surface area contributed by atoms with Gasteiger partial charge in [-0.05, 0) is 25.7 Å². The van der Waals surface area contributed by atoms with E-state index in [2.05, 4.69) is 12.1 Å². The Morgan fingerprint density at radius 2 is 1.89 bits per heavy atom. The van der Waals surface area contributed by atoms with Crippen molar-refractivity contribution in [3.8, 4) is 0 Å². The molecule has 4 rings (SSSR count). The van der Waals surface area contributed by atoms with Crippen LogP contribution in [0.4, 0.5) is 0 Å². The second kappa shape index (κ2) is 4.69. The number of hydrogen-bond donors (Lipinski definition) is 0. The van der Waals surface area contributed by atoms with Gasteiger partial charge >= 0.3 is 0 Å². The molecule has 0 aromatic carbocycles. The van der Waals surface area contributed by atoms with Crippen molar-refractivity contribution in [2.45, 2.75) is 75.4 Å². The van der Waals surface area contributed by atoms with Crippen molar-refractivity contribution in [2.24, 2.45) is 5.92 Å². The summed E-state index contributed by atoms with van der Waals surface area (Å²) in [5, 5.41) is 2.08. The van der Waals surface area contributed by atoms with Crippen molar-refractivity contribution in [1.82, 2.24) is 5.06 Å². The zero-order valence-electron chi connectivity index (χ0n) is 11.8. The van der Waals surface area contributed by atoms with Gasteiger partial charge in [0, 0.05) is 31.8 Å². The van der Waals surface area contributed by atoms with Crippen molar-refractivity contribution < 1.29 is 14.3 Å². The highest BCUT2D eigenvalue weighted by Gasteiger charge is 2.53. The van der Waals surface area contributed by atoms with Gasteiger partial charge in [-0.1, -0.05) is 12.8 Å². The highest BCUT2D eigenvalue weighted by Crippen LogP contribution is 2.45. The van der Waals surface area contributed by atoms with Crippen LogP contribution in [0.5, 0.6) is 0 Å². The lowest BCUT2D eigenvalue weighted by Gasteiger charge is -2.32. The van der Waals surface area contributed by atoms with Gasteiger partial charge in [0.25, 0.3) is 0 Å². The van der Waals surface area contributed by atoms with Crippen molar-refractivity contribution in [3.63, 3.8) is 0 Å². The van der Waals surface area contributed by atoms with E-state index in [0.29, 0.717) is 12.0 Å². The third-order valence-electron chi connectivity index (χ3n) is 5.57. The Morgan fingerprint density at radius 3 is 2.74 bits per heavy atom. The number of hydroxylamine groups is 2. The standard InChI is InChI=1S/C15H25NO3/c1-16-12-7-5-6-11(12)14(19-16)13-10-17-15(18-13)8-3-2-4-9-15/h11-14H,2-10H2,1H3/t11-,12+,13-,14+/m1/s1. The predicted octanol–water partition coefficient (Wildman–Crippen LogP) is 2.48. The molecule has 0 radical (unpaired) electrons. The molecular weight excluding hydrogens is 242 g/mol. The molecule has 0 aromatic rings. The topological polar surface area (TPSA) is 30.9 Å². The summed E-state index contributed by atoms with van der Waals surface area (Å²) >= 11 is 0. The number of nitrogens with zero attached hydrogens (tertiary/aromatic N) is 1. The molecule has 4 atom stereocenters. The maximum atomic E-state index is 6.36. The quantitative estimate of drug-likeness (QED) is 0.730. The van der Waals surface area contributed by atoms with Crippen molar-refractivity contribution in [2.75, 3.05) is 13.7 Å². The first-order chi connectivity index (χ1) is 9.27. The molecule has 2 saturated heterocycles. The molecule has 4 aliphatic rings. The molecule has 0 amide bonds. The zero-order chi connectivity index (χ0) is 12.9. The number of fused-ring (bicyclic) bond motifs is 1. The van der Waals surface area contributed by atoms with Gasteiger partial charge in [0.1, 0.15) is 12.2 Å². The van der Waals surface area contributed by atoms with Crippen LogP contribution in [-0.2, 0) is 14.3 Å². The minimum absolute atomic E-state index is 0.147. The normalized spacial score (nSPS) is 45.9. The lowest BCUT2D eigenvalue weighted by Crippen LogP contribution is -2.38. The maximum absolute atomic E-state index is 6.36. The summed E-state index contributed by atoms with van der Waals surface area (Å²) in [4.78, 5) is 6.07. The van der Waals surface area contributed by atoms with Crippen LogP contribution in [0.2, 0.25) is 0 Å². The molecule has 1 spiro atoms. The lowest BCUT2D eigenvalue weighted by molar-refractivity contribution is -0.218. The molecule has 0 aromatic heterocycles. The molecule has 2 aliphatic heterocycles. The molecule has 108 valence electrons. The number of ether oxygens (including phenoxy) is 2. The van der Waals surface area contributed by atoms with E-state index < -0.39 is 0 Å². The molecule has 2 heterocycles. The summed E-state index contributed by atoms with van der Waals surface area (Å²) in [7, 11) is 2.08. The van der Waals surface area contributed by atoms with E-state index >= 15 is 0 Å². The van der Waals surface area contributed by atoms with Crippen molar-refractivity contribution in [1.29, 1.82) is 0 Å². The fraction of sp³-hybridized carbons (Fsp3) is 1.00. The number of rotatable bonds is 1. The minimum Gasteiger partial charge on any atom is -0.347 e. The second-order valence-corrected chi connectivity index (χ2v) is 6.72. The van der Waals surface area contributed by atoms with E-state index in [0.717, 1.165) is 19.4 Å². The first-order valence-electron chi connectivity index (χ1n) is 7.99. The molecule has 4 nitrogen and oxygen atoms in total.